The fourth-order valence-electron chi connectivity index (χ4n) is 1.58. The van der Waals surface area contributed by atoms with Crippen molar-refractivity contribution >= 4 is 22.5 Å². The Morgan fingerprint density at radius 2 is 2.07 bits per heavy atom. The molecule has 1 nitrogen and oxygen atoms in total. The Kier molecular flexibility index (Phi) is 2.61. The number of aryl methyl sites for hydroxylation is 2. The van der Waals surface area contributed by atoms with Crippen molar-refractivity contribution in [2.24, 2.45) is 0 Å². The number of benzene rings is 1. The molecule has 3 heteroatoms. The third-order valence-corrected chi connectivity index (χ3v) is 2.83. The minimum Gasteiger partial charge on any atom is -0.236 e. The second-order valence-corrected chi connectivity index (χ2v) is 3.94. The SMILES string of the molecule is CCc1cc2cc(C)c(F)cc2nc1Cl. The number of aromatic nitrogens is 1. The molecule has 0 aliphatic carbocycles. The maximum absolute atomic E-state index is 13.3. The lowest BCUT2D eigenvalue weighted by molar-refractivity contribution is 0.620. The minimum atomic E-state index is -0.240. The van der Waals surface area contributed by atoms with E-state index in [4.69, 9.17) is 11.6 Å². The van der Waals surface area contributed by atoms with E-state index in [1.807, 2.05) is 13.0 Å². The third kappa shape index (κ3) is 1.82. The normalized spacial score (nSPS) is 10.9. The third-order valence-electron chi connectivity index (χ3n) is 2.50. The van der Waals surface area contributed by atoms with Crippen LogP contribution < -0.4 is 0 Å². The molecule has 0 bridgehead atoms. The molecule has 0 amide bonds. The molecule has 2 rings (SSSR count). The predicted molar refractivity (Wildman–Crippen MR) is 60.8 cm³/mol. The zero-order chi connectivity index (χ0) is 11.0. The van der Waals surface area contributed by atoms with Crippen LogP contribution >= 0.6 is 11.6 Å². The first-order chi connectivity index (χ1) is 7.11. The first-order valence-electron chi connectivity index (χ1n) is 4.87. The molecule has 0 fully saturated rings. The molecule has 0 unspecified atom stereocenters. The summed E-state index contributed by atoms with van der Waals surface area (Å²) in [6, 6.07) is 5.19. The van der Waals surface area contributed by atoms with Gasteiger partial charge in [-0.3, -0.25) is 0 Å². The number of rotatable bonds is 1. The molecule has 0 aliphatic rings. The van der Waals surface area contributed by atoms with Crippen LogP contribution in [0.25, 0.3) is 10.9 Å². The minimum absolute atomic E-state index is 0.240. The van der Waals surface area contributed by atoms with E-state index in [-0.39, 0.29) is 5.82 Å². The maximum atomic E-state index is 13.3. The van der Waals surface area contributed by atoms with E-state index >= 15 is 0 Å². The lowest BCUT2D eigenvalue weighted by Crippen LogP contribution is -1.91. The summed E-state index contributed by atoms with van der Waals surface area (Å²) < 4.78 is 13.3. The lowest BCUT2D eigenvalue weighted by atomic mass is 10.1. The Morgan fingerprint density at radius 1 is 1.33 bits per heavy atom. The van der Waals surface area contributed by atoms with Crippen LogP contribution in [0.3, 0.4) is 0 Å². The Morgan fingerprint density at radius 3 is 2.73 bits per heavy atom. The Labute approximate surface area is 92.9 Å². The Bertz CT molecular complexity index is 523. The second kappa shape index (κ2) is 3.78. The van der Waals surface area contributed by atoms with Crippen LogP contribution in [0.4, 0.5) is 4.39 Å². The second-order valence-electron chi connectivity index (χ2n) is 3.59. The van der Waals surface area contributed by atoms with Crippen molar-refractivity contribution in [1.82, 2.24) is 4.98 Å². The van der Waals surface area contributed by atoms with Crippen molar-refractivity contribution in [2.45, 2.75) is 20.3 Å². The quantitative estimate of drug-likeness (QED) is 0.669. The van der Waals surface area contributed by atoms with Crippen molar-refractivity contribution in [2.75, 3.05) is 0 Å². The van der Waals surface area contributed by atoms with Gasteiger partial charge in [-0.05, 0) is 36.6 Å². The molecule has 1 aromatic heterocycles. The zero-order valence-electron chi connectivity index (χ0n) is 8.64. The van der Waals surface area contributed by atoms with Crippen molar-refractivity contribution in [3.63, 3.8) is 0 Å². The summed E-state index contributed by atoms with van der Waals surface area (Å²) in [6.07, 6.45) is 0.832. The van der Waals surface area contributed by atoms with Crippen molar-refractivity contribution in [1.29, 1.82) is 0 Å². The first kappa shape index (κ1) is 10.4. The Balaban J connectivity index is 2.76. The largest absolute Gasteiger partial charge is 0.236 e. The molecular formula is C12H11ClFN. The average molecular weight is 224 g/mol. The molecule has 2 aromatic rings. The zero-order valence-corrected chi connectivity index (χ0v) is 9.40. The molecule has 0 N–H and O–H groups in total. The number of halogens is 2. The summed E-state index contributed by atoms with van der Waals surface area (Å²) in [5.74, 6) is -0.240. The van der Waals surface area contributed by atoms with Crippen LogP contribution in [0.1, 0.15) is 18.1 Å². The van der Waals surface area contributed by atoms with Gasteiger partial charge in [0.15, 0.2) is 0 Å². The highest BCUT2D eigenvalue weighted by Gasteiger charge is 2.06. The van der Waals surface area contributed by atoms with Gasteiger partial charge >= 0.3 is 0 Å². The number of hydrogen-bond donors (Lipinski definition) is 0. The van der Waals surface area contributed by atoms with Gasteiger partial charge in [-0.25, -0.2) is 9.37 Å². The highest BCUT2D eigenvalue weighted by atomic mass is 35.5. The van der Waals surface area contributed by atoms with Crippen LogP contribution in [0.2, 0.25) is 5.15 Å². The van der Waals surface area contributed by atoms with E-state index in [0.717, 1.165) is 17.4 Å². The van der Waals surface area contributed by atoms with E-state index in [0.29, 0.717) is 16.2 Å². The van der Waals surface area contributed by atoms with Gasteiger partial charge in [-0.1, -0.05) is 18.5 Å². The van der Waals surface area contributed by atoms with E-state index in [9.17, 15) is 4.39 Å². The number of hydrogen-bond acceptors (Lipinski definition) is 1. The van der Waals surface area contributed by atoms with Gasteiger partial charge < -0.3 is 0 Å². The highest BCUT2D eigenvalue weighted by molar-refractivity contribution is 6.30. The topological polar surface area (TPSA) is 12.9 Å². The van der Waals surface area contributed by atoms with Crippen molar-refractivity contribution < 1.29 is 4.39 Å². The predicted octanol–water partition coefficient (Wildman–Crippen LogP) is 3.90. The fraction of sp³-hybridized carbons (Fsp3) is 0.250. The van der Waals surface area contributed by atoms with Gasteiger partial charge in [0.25, 0.3) is 0 Å². The van der Waals surface area contributed by atoms with Gasteiger partial charge in [-0.15, -0.1) is 0 Å². The summed E-state index contributed by atoms with van der Waals surface area (Å²) in [5.41, 5.74) is 2.24. The molecule has 0 atom stereocenters. The van der Waals surface area contributed by atoms with Crippen LogP contribution in [0, 0.1) is 12.7 Å². The van der Waals surface area contributed by atoms with Crippen LogP contribution in [-0.2, 0) is 6.42 Å². The summed E-state index contributed by atoms with van der Waals surface area (Å²) in [7, 11) is 0. The Hall–Kier alpha value is -1.15. The summed E-state index contributed by atoms with van der Waals surface area (Å²) in [5, 5.41) is 1.41. The lowest BCUT2D eigenvalue weighted by Gasteiger charge is -2.05. The molecule has 15 heavy (non-hydrogen) atoms. The van der Waals surface area contributed by atoms with Gasteiger partial charge in [0, 0.05) is 11.5 Å². The summed E-state index contributed by atoms with van der Waals surface area (Å²) in [4.78, 5) is 4.17. The average Bonchev–Trinajstić information content (AvgIpc) is 2.20. The first-order valence-corrected chi connectivity index (χ1v) is 5.25. The van der Waals surface area contributed by atoms with E-state index in [2.05, 4.69) is 4.98 Å². The summed E-state index contributed by atoms with van der Waals surface area (Å²) in [6.45, 7) is 3.76. The highest BCUT2D eigenvalue weighted by Crippen LogP contribution is 2.23. The van der Waals surface area contributed by atoms with Crippen molar-refractivity contribution in [3.05, 3.63) is 40.3 Å². The molecule has 0 radical (unpaired) electrons. The van der Waals surface area contributed by atoms with Crippen LogP contribution in [0.5, 0.6) is 0 Å². The molecule has 0 saturated carbocycles. The maximum Gasteiger partial charge on any atom is 0.132 e. The van der Waals surface area contributed by atoms with Crippen LogP contribution in [0.15, 0.2) is 18.2 Å². The molecule has 0 saturated heterocycles. The molecule has 78 valence electrons. The van der Waals surface area contributed by atoms with E-state index in [1.165, 1.54) is 6.07 Å². The van der Waals surface area contributed by atoms with Gasteiger partial charge in [-0.2, -0.15) is 0 Å². The smallest absolute Gasteiger partial charge is 0.132 e. The van der Waals surface area contributed by atoms with Gasteiger partial charge in [0.2, 0.25) is 0 Å². The van der Waals surface area contributed by atoms with Gasteiger partial charge in [0.05, 0.1) is 5.52 Å². The van der Waals surface area contributed by atoms with E-state index in [1.54, 1.807) is 13.0 Å². The number of nitrogens with zero attached hydrogens (tertiary/aromatic N) is 1. The molecule has 1 heterocycles. The molecule has 1 aromatic carbocycles. The molecule has 0 aliphatic heterocycles. The monoisotopic (exact) mass is 223 g/mol. The fourth-order valence-corrected chi connectivity index (χ4v) is 1.86. The number of pyridine rings is 1. The van der Waals surface area contributed by atoms with Crippen molar-refractivity contribution in [3.8, 4) is 0 Å². The summed E-state index contributed by atoms with van der Waals surface area (Å²) >= 11 is 5.96. The van der Waals surface area contributed by atoms with E-state index < -0.39 is 0 Å². The van der Waals surface area contributed by atoms with Gasteiger partial charge in [0.1, 0.15) is 11.0 Å². The number of fused-ring (bicyclic) bond motifs is 1. The van der Waals surface area contributed by atoms with Crippen LogP contribution in [-0.4, -0.2) is 4.98 Å². The standard InChI is InChI=1S/C12H11ClFN/c1-3-8-5-9-4-7(2)10(14)6-11(9)15-12(8)13/h4-6H,3H2,1-2H3. The molecular weight excluding hydrogens is 213 g/mol. The molecule has 0 spiro atoms.